The van der Waals surface area contributed by atoms with Crippen molar-refractivity contribution in [3.8, 4) is 0 Å². The SMILES string of the molecule is CCOC(C1CC(C)C2C(O1)C(O)C1(C)C3CCC4C(C)(C)C(OC5CN(C6CN(C(=O)OC(C)(C)C)C6)CCO5)CCC45CC35CCC21C)C(C)(C)O. The summed E-state index contributed by atoms with van der Waals surface area (Å²) in [6.07, 6.45) is 7.31. The summed E-state index contributed by atoms with van der Waals surface area (Å²) in [4.78, 5) is 16.8. The standard InChI is InChI=1S/C44H74N2O8/c1-12-50-36(40(8,9)49)28-21-26(2)33-34(52-28)35(47)42(11)30-14-13-29-39(6,7)31(15-16-43(29)25-44(30,43)18-17-41(33,42)10)53-32-24-45(19-20-51-32)27-22-46(23-27)37(48)54-38(3,4)5/h26-36,47,49H,12-25H2,1-11H3. The number of fused-ring (bicyclic) bond motifs is 4. The largest absolute Gasteiger partial charge is 0.444 e. The number of likely N-dealkylation sites (tertiary alicyclic amines) is 1. The first-order valence-electron chi connectivity index (χ1n) is 21.8. The first kappa shape index (κ1) is 39.8. The van der Waals surface area contributed by atoms with Crippen molar-refractivity contribution in [2.75, 3.05) is 39.4 Å². The van der Waals surface area contributed by atoms with Crippen molar-refractivity contribution in [2.45, 2.75) is 182 Å². The van der Waals surface area contributed by atoms with Crippen LogP contribution in [0.1, 0.15) is 128 Å². The fourth-order valence-electron chi connectivity index (χ4n) is 15.1. The van der Waals surface area contributed by atoms with Crippen LogP contribution in [0.3, 0.4) is 0 Å². The number of hydrogen-bond acceptors (Lipinski definition) is 9. The topological polar surface area (TPSA) is 110 Å². The third kappa shape index (κ3) is 5.74. The lowest BCUT2D eigenvalue weighted by atomic mass is 9.41. The smallest absolute Gasteiger partial charge is 0.410 e. The van der Waals surface area contributed by atoms with E-state index >= 15 is 0 Å². The highest BCUT2D eigenvalue weighted by atomic mass is 16.7. The van der Waals surface area contributed by atoms with E-state index in [4.69, 9.17) is 23.7 Å². The van der Waals surface area contributed by atoms with Crippen molar-refractivity contribution >= 4 is 6.09 Å². The summed E-state index contributed by atoms with van der Waals surface area (Å²) in [6.45, 7) is 27.8. The van der Waals surface area contributed by atoms with Gasteiger partial charge in [0.2, 0.25) is 0 Å². The Hall–Kier alpha value is -1.01. The number of morpholine rings is 1. The lowest BCUT2D eigenvalue weighted by molar-refractivity contribution is -0.253. The normalized spacial score (nSPS) is 48.0. The van der Waals surface area contributed by atoms with Gasteiger partial charge in [0.25, 0.3) is 0 Å². The summed E-state index contributed by atoms with van der Waals surface area (Å²) in [5, 5.41) is 23.8. The van der Waals surface area contributed by atoms with Gasteiger partial charge in [-0.05, 0) is 138 Å². The first-order chi connectivity index (χ1) is 25.1. The van der Waals surface area contributed by atoms with Gasteiger partial charge in [0.15, 0.2) is 6.29 Å². The molecule has 54 heavy (non-hydrogen) atoms. The van der Waals surface area contributed by atoms with Crippen LogP contribution in [0.2, 0.25) is 0 Å². The second-order valence-electron chi connectivity index (χ2n) is 22.0. The molecule has 3 saturated heterocycles. The molecule has 5 saturated carbocycles. The van der Waals surface area contributed by atoms with Crippen LogP contribution >= 0.6 is 0 Å². The number of carbonyl (C=O) groups excluding carboxylic acids is 1. The predicted molar refractivity (Wildman–Crippen MR) is 206 cm³/mol. The van der Waals surface area contributed by atoms with E-state index in [2.05, 4.69) is 39.5 Å². The van der Waals surface area contributed by atoms with Gasteiger partial charge in [0.1, 0.15) is 11.7 Å². The maximum Gasteiger partial charge on any atom is 0.410 e. The van der Waals surface area contributed by atoms with Crippen LogP contribution < -0.4 is 0 Å². The number of amides is 1. The lowest BCUT2D eigenvalue weighted by Crippen LogP contribution is -2.64. The van der Waals surface area contributed by atoms with Crippen LogP contribution in [0.5, 0.6) is 0 Å². The summed E-state index contributed by atoms with van der Waals surface area (Å²) in [5.74, 6) is 1.72. The monoisotopic (exact) mass is 759 g/mol. The Morgan fingerprint density at radius 1 is 0.963 bits per heavy atom. The van der Waals surface area contributed by atoms with Crippen molar-refractivity contribution < 1.29 is 38.7 Å². The zero-order valence-corrected chi connectivity index (χ0v) is 35.5. The second kappa shape index (κ2) is 13.0. The third-order valence-electron chi connectivity index (χ3n) is 17.6. The number of aliphatic hydroxyl groups is 2. The summed E-state index contributed by atoms with van der Waals surface area (Å²) >= 11 is 0. The first-order valence-corrected chi connectivity index (χ1v) is 21.8. The Bertz CT molecular complexity index is 1440. The van der Waals surface area contributed by atoms with Gasteiger partial charge in [-0.15, -0.1) is 0 Å². The highest BCUT2D eigenvalue weighted by Crippen LogP contribution is 2.89. The van der Waals surface area contributed by atoms with Crippen LogP contribution in [-0.2, 0) is 23.7 Å². The molecule has 8 rings (SSSR count). The van der Waals surface area contributed by atoms with E-state index in [0.29, 0.717) is 61.4 Å². The molecule has 3 aliphatic heterocycles. The Labute approximate surface area is 325 Å². The molecule has 2 spiro atoms. The van der Waals surface area contributed by atoms with Gasteiger partial charge in [-0.2, -0.15) is 0 Å². The number of nitrogens with zero attached hydrogens (tertiary/aromatic N) is 2. The predicted octanol–water partition coefficient (Wildman–Crippen LogP) is 6.64. The Balaban J connectivity index is 0.950. The Morgan fingerprint density at radius 3 is 2.31 bits per heavy atom. The highest BCUT2D eigenvalue weighted by Gasteiger charge is 2.84. The molecule has 5 aliphatic carbocycles. The molecule has 8 aliphatic rings. The maximum absolute atomic E-state index is 12.7. The van der Waals surface area contributed by atoms with Crippen molar-refractivity contribution in [3.63, 3.8) is 0 Å². The molecule has 8 fully saturated rings. The quantitative estimate of drug-likeness (QED) is 0.296. The van der Waals surface area contributed by atoms with E-state index in [9.17, 15) is 15.0 Å². The second-order valence-corrected chi connectivity index (χ2v) is 22.0. The fourth-order valence-corrected chi connectivity index (χ4v) is 15.1. The minimum atomic E-state index is -1.03. The highest BCUT2D eigenvalue weighted by molar-refractivity contribution is 5.69. The molecule has 2 N–H and O–H groups in total. The number of hydrogen-bond donors (Lipinski definition) is 2. The molecule has 0 radical (unpaired) electrons. The lowest BCUT2D eigenvalue weighted by Gasteiger charge is -2.64. The Morgan fingerprint density at radius 2 is 1.65 bits per heavy atom. The van der Waals surface area contributed by atoms with Gasteiger partial charge in [0.05, 0.1) is 43.2 Å². The van der Waals surface area contributed by atoms with Crippen LogP contribution in [0, 0.1) is 50.7 Å². The van der Waals surface area contributed by atoms with Crippen LogP contribution in [0.4, 0.5) is 4.79 Å². The summed E-state index contributed by atoms with van der Waals surface area (Å²) in [5.41, 5.74) is -1.15. The van der Waals surface area contributed by atoms with Gasteiger partial charge in [-0.1, -0.05) is 34.6 Å². The summed E-state index contributed by atoms with van der Waals surface area (Å²) < 4.78 is 32.0. The van der Waals surface area contributed by atoms with Crippen LogP contribution in [-0.4, -0.2) is 120 Å². The van der Waals surface area contributed by atoms with Gasteiger partial charge < -0.3 is 38.8 Å². The van der Waals surface area contributed by atoms with Gasteiger partial charge in [-0.25, -0.2) is 4.79 Å². The average molecular weight is 759 g/mol. The molecule has 0 aromatic rings. The number of rotatable bonds is 7. The molecule has 1 amide bonds. The molecule has 10 nitrogen and oxygen atoms in total. The summed E-state index contributed by atoms with van der Waals surface area (Å²) in [7, 11) is 0. The van der Waals surface area contributed by atoms with E-state index in [0.717, 1.165) is 38.8 Å². The Kier molecular flexibility index (Phi) is 9.58. The average Bonchev–Trinajstić information content (AvgIpc) is 3.68. The molecule has 14 atom stereocenters. The zero-order chi connectivity index (χ0) is 39.0. The molecular formula is C44H74N2O8. The van der Waals surface area contributed by atoms with Crippen molar-refractivity contribution in [2.24, 2.45) is 50.7 Å². The third-order valence-corrected chi connectivity index (χ3v) is 17.6. The van der Waals surface area contributed by atoms with E-state index in [1.54, 1.807) is 4.90 Å². The van der Waals surface area contributed by atoms with Crippen LogP contribution in [0.25, 0.3) is 0 Å². The van der Waals surface area contributed by atoms with E-state index in [1.165, 1.54) is 25.7 Å². The zero-order valence-electron chi connectivity index (χ0n) is 35.5. The van der Waals surface area contributed by atoms with Crippen LogP contribution in [0.15, 0.2) is 0 Å². The van der Waals surface area contributed by atoms with Gasteiger partial charge in [-0.3, -0.25) is 4.90 Å². The van der Waals surface area contributed by atoms with Gasteiger partial charge in [0, 0.05) is 37.7 Å². The van der Waals surface area contributed by atoms with E-state index < -0.39 is 23.4 Å². The maximum atomic E-state index is 12.7. The van der Waals surface area contributed by atoms with E-state index in [1.807, 2.05) is 41.5 Å². The molecule has 0 aromatic heterocycles. The van der Waals surface area contributed by atoms with Crippen molar-refractivity contribution in [1.29, 1.82) is 0 Å². The molecule has 10 heteroatoms. The van der Waals surface area contributed by atoms with Crippen molar-refractivity contribution in [1.82, 2.24) is 9.80 Å². The minimum absolute atomic E-state index is 0.00571. The summed E-state index contributed by atoms with van der Waals surface area (Å²) in [6, 6.07) is 0.316. The molecule has 0 bridgehead atoms. The molecule has 0 aromatic carbocycles. The molecular weight excluding hydrogens is 684 g/mol. The minimum Gasteiger partial charge on any atom is -0.444 e. The van der Waals surface area contributed by atoms with Gasteiger partial charge >= 0.3 is 6.09 Å². The van der Waals surface area contributed by atoms with Crippen molar-refractivity contribution in [3.05, 3.63) is 0 Å². The molecule has 14 unspecified atom stereocenters. The number of aliphatic hydroxyl groups excluding tert-OH is 1. The number of carbonyl (C=O) groups is 1. The molecule has 308 valence electrons. The van der Waals surface area contributed by atoms with E-state index in [-0.39, 0.29) is 52.4 Å². The molecule has 3 heterocycles. The number of ether oxygens (including phenoxy) is 5. The fraction of sp³-hybridized carbons (Fsp3) is 0.977.